The fraction of sp³-hybridized carbons (Fsp3) is 0.381. The van der Waals surface area contributed by atoms with Gasteiger partial charge in [0.15, 0.2) is 0 Å². The highest BCUT2D eigenvalue weighted by molar-refractivity contribution is 6.18. The molecule has 154 valence electrons. The Labute approximate surface area is 174 Å². The quantitative estimate of drug-likeness (QED) is 0.281. The van der Waals surface area contributed by atoms with Gasteiger partial charge in [-0.25, -0.2) is 0 Å². The van der Waals surface area contributed by atoms with Crippen LogP contribution in [-0.2, 0) is 4.79 Å². The number of aryl methyl sites for hydroxylation is 1. The van der Waals surface area contributed by atoms with Crippen LogP contribution in [0.4, 0.5) is 11.4 Å². The van der Waals surface area contributed by atoms with Crippen LogP contribution in [0.15, 0.2) is 48.5 Å². The predicted octanol–water partition coefficient (Wildman–Crippen LogP) is 3.16. The van der Waals surface area contributed by atoms with E-state index in [-0.39, 0.29) is 24.0 Å². The highest BCUT2D eigenvalue weighted by Gasteiger charge is 2.47. The van der Waals surface area contributed by atoms with Crippen molar-refractivity contribution in [3.63, 3.8) is 0 Å². The van der Waals surface area contributed by atoms with Gasteiger partial charge >= 0.3 is 0 Å². The van der Waals surface area contributed by atoms with Crippen LogP contribution in [0, 0.1) is 22.5 Å². The van der Waals surface area contributed by atoms with E-state index in [1.165, 1.54) is 6.07 Å². The SMILES string of the molecule is Cc1ccc(C(C(C=O)Nc2ccccc2[N+](=O)[O-])N2CC(CO)(CCl)C2)cc1. The van der Waals surface area contributed by atoms with Crippen molar-refractivity contribution in [2.45, 2.75) is 19.0 Å². The number of nitrogens with zero attached hydrogens (tertiary/aromatic N) is 2. The van der Waals surface area contributed by atoms with Crippen molar-refractivity contribution in [2.75, 3.05) is 30.9 Å². The molecule has 1 aliphatic heterocycles. The van der Waals surface area contributed by atoms with Crippen molar-refractivity contribution in [2.24, 2.45) is 5.41 Å². The number of likely N-dealkylation sites (tertiary alicyclic amines) is 1. The van der Waals surface area contributed by atoms with Gasteiger partial charge in [-0.2, -0.15) is 0 Å². The summed E-state index contributed by atoms with van der Waals surface area (Å²) in [5, 5.41) is 24.1. The van der Waals surface area contributed by atoms with Crippen LogP contribution in [-0.4, -0.2) is 52.8 Å². The number of rotatable bonds is 9. The van der Waals surface area contributed by atoms with E-state index < -0.39 is 16.4 Å². The van der Waals surface area contributed by atoms with Crippen LogP contribution in [0.25, 0.3) is 0 Å². The molecule has 0 radical (unpaired) electrons. The number of benzene rings is 2. The number of aliphatic hydroxyl groups excluding tert-OH is 1. The second-order valence-corrected chi connectivity index (χ2v) is 7.90. The summed E-state index contributed by atoms with van der Waals surface area (Å²) in [6.07, 6.45) is 0.779. The van der Waals surface area contributed by atoms with E-state index in [9.17, 15) is 20.0 Å². The van der Waals surface area contributed by atoms with E-state index in [0.717, 1.165) is 17.4 Å². The molecule has 1 fully saturated rings. The molecule has 0 aliphatic carbocycles. The molecule has 2 aromatic carbocycles. The van der Waals surface area contributed by atoms with E-state index >= 15 is 0 Å². The average Bonchev–Trinajstić information content (AvgIpc) is 2.70. The van der Waals surface area contributed by atoms with Gasteiger partial charge in [-0.15, -0.1) is 11.6 Å². The Morgan fingerprint density at radius 1 is 1.28 bits per heavy atom. The summed E-state index contributed by atoms with van der Waals surface area (Å²) in [5.74, 6) is 0.323. The number of hydrogen-bond acceptors (Lipinski definition) is 6. The average molecular weight is 418 g/mol. The van der Waals surface area contributed by atoms with Crippen LogP contribution in [0.1, 0.15) is 17.2 Å². The van der Waals surface area contributed by atoms with Gasteiger partial charge in [-0.1, -0.05) is 42.0 Å². The van der Waals surface area contributed by atoms with Gasteiger partial charge in [0.05, 0.1) is 17.6 Å². The van der Waals surface area contributed by atoms with Crippen LogP contribution in [0.3, 0.4) is 0 Å². The number of aldehydes is 1. The van der Waals surface area contributed by atoms with E-state index in [4.69, 9.17) is 11.6 Å². The summed E-state index contributed by atoms with van der Waals surface area (Å²) in [4.78, 5) is 25.0. The minimum Gasteiger partial charge on any atom is -0.396 e. The summed E-state index contributed by atoms with van der Waals surface area (Å²) in [5.41, 5.74) is 1.82. The molecule has 0 spiro atoms. The third kappa shape index (κ3) is 4.42. The highest BCUT2D eigenvalue weighted by Crippen LogP contribution is 2.40. The topological polar surface area (TPSA) is 95.7 Å². The van der Waals surface area contributed by atoms with Gasteiger partial charge in [-0.3, -0.25) is 15.0 Å². The molecular weight excluding hydrogens is 394 g/mol. The lowest BCUT2D eigenvalue weighted by molar-refractivity contribution is -0.384. The number of hydrogen-bond donors (Lipinski definition) is 2. The first-order valence-electron chi connectivity index (χ1n) is 9.36. The third-order valence-corrected chi connectivity index (χ3v) is 5.98. The lowest BCUT2D eigenvalue weighted by atomic mass is 9.79. The number of alkyl halides is 1. The Morgan fingerprint density at radius 2 is 1.93 bits per heavy atom. The number of nitro groups is 1. The van der Waals surface area contributed by atoms with Crippen LogP contribution >= 0.6 is 11.6 Å². The highest BCUT2D eigenvalue weighted by atomic mass is 35.5. The minimum atomic E-state index is -0.717. The molecule has 1 saturated heterocycles. The number of anilines is 1. The minimum absolute atomic E-state index is 0.0308. The first-order valence-corrected chi connectivity index (χ1v) is 9.89. The van der Waals surface area contributed by atoms with Gasteiger partial charge in [0.1, 0.15) is 18.0 Å². The maximum atomic E-state index is 12.1. The summed E-state index contributed by atoms with van der Waals surface area (Å²) < 4.78 is 0. The fourth-order valence-electron chi connectivity index (χ4n) is 3.77. The van der Waals surface area contributed by atoms with Crippen LogP contribution in [0.5, 0.6) is 0 Å². The summed E-state index contributed by atoms with van der Waals surface area (Å²) >= 11 is 6.05. The van der Waals surface area contributed by atoms with Crippen molar-refractivity contribution in [3.8, 4) is 0 Å². The predicted molar refractivity (Wildman–Crippen MR) is 112 cm³/mol. The zero-order valence-electron chi connectivity index (χ0n) is 16.1. The molecule has 2 atom stereocenters. The Kier molecular flexibility index (Phi) is 6.52. The van der Waals surface area contributed by atoms with Gasteiger partial charge in [-0.05, 0) is 18.6 Å². The van der Waals surface area contributed by atoms with Crippen molar-refractivity contribution >= 4 is 29.3 Å². The Hall–Kier alpha value is -2.48. The van der Waals surface area contributed by atoms with Gasteiger partial charge in [0.2, 0.25) is 0 Å². The molecule has 1 aliphatic rings. The monoisotopic (exact) mass is 417 g/mol. The van der Waals surface area contributed by atoms with Gasteiger partial charge < -0.3 is 15.2 Å². The van der Waals surface area contributed by atoms with E-state index in [1.54, 1.807) is 18.2 Å². The molecule has 0 amide bonds. The van der Waals surface area contributed by atoms with Gasteiger partial charge in [0.25, 0.3) is 5.69 Å². The first-order chi connectivity index (χ1) is 13.9. The van der Waals surface area contributed by atoms with Crippen molar-refractivity contribution in [3.05, 3.63) is 69.8 Å². The molecule has 2 unspecified atom stereocenters. The number of nitro benzene ring substituents is 1. The van der Waals surface area contributed by atoms with Crippen LogP contribution < -0.4 is 5.32 Å². The number of carbonyl (C=O) groups excluding carboxylic acids is 1. The molecule has 8 heteroatoms. The summed E-state index contributed by atoms with van der Waals surface area (Å²) in [6.45, 7) is 3.02. The van der Waals surface area contributed by atoms with Crippen molar-refractivity contribution in [1.82, 2.24) is 4.90 Å². The maximum Gasteiger partial charge on any atom is 0.292 e. The standard InChI is InChI=1S/C21H24ClN3O4/c1-15-6-8-16(9-7-15)20(24-12-21(11-22,13-24)14-27)18(10-26)23-17-4-2-3-5-19(17)25(28)29/h2-10,18,20,23,27H,11-14H2,1H3. The largest absolute Gasteiger partial charge is 0.396 e. The van der Waals surface area contributed by atoms with Crippen molar-refractivity contribution in [1.29, 1.82) is 0 Å². The second kappa shape index (κ2) is 8.90. The molecule has 0 saturated carbocycles. The number of halogens is 1. The number of para-hydroxylation sites is 2. The molecule has 29 heavy (non-hydrogen) atoms. The normalized spacial score (nSPS) is 17.8. The Bertz CT molecular complexity index is 862. The molecular formula is C21H24ClN3O4. The maximum absolute atomic E-state index is 12.1. The smallest absolute Gasteiger partial charge is 0.292 e. The lowest BCUT2D eigenvalue weighted by Crippen LogP contribution is -2.62. The van der Waals surface area contributed by atoms with Crippen LogP contribution in [0.2, 0.25) is 0 Å². The van der Waals surface area contributed by atoms with E-state index in [2.05, 4.69) is 10.2 Å². The second-order valence-electron chi connectivity index (χ2n) is 7.63. The zero-order valence-corrected chi connectivity index (χ0v) is 16.9. The number of nitrogens with one attached hydrogen (secondary N) is 1. The fourth-order valence-corrected chi connectivity index (χ4v) is 4.02. The van der Waals surface area contributed by atoms with Gasteiger partial charge in [0, 0.05) is 30.5 Å². The number of aliphatic hydroxyl groups is 1. The molecule has 2 aromatic rings. The first kappa shape index (κ1) is 21.2. The third-order valence-electron chi connectivity index (χ3n) is 5.42. The molecule has 2 N–H and O–H groups in total. The molecule has 3 rings (SSSR count). The van der Waals surface area contributed by atoms with E-state index in [0.29, 0.717) is 19.0 Å². The van der Waals surface area contributed by atoms with E-state index in [1.807, 2.05) is 31.2 Å². The Morgan fingerprint density at radius 3 is 2.48 bits per heavy atom. The molecule has 0 aromatic heterocycles. The molecule has 7 nitrogen and oxygen atoms in total. The molecule has 0 bridgehead atoms. The summed E-state index contributed by atoms with van der Waals surface area (Å²) in [6, 6.07) is 13.0. The summed E-state index contributed by atoms with van der Waals surface area (Å²) in [7, 11) is 0. The Balaban J connectivity index is 1.93. The zero-order chi connectivity index (χ0) is 21.0. The van der Waals surface area contributed by atoms with Crippen molar-refractivity contribution < 1.29 is 14.8 Å². The number of carbonyl (C=O) groups is 1. The lowest BCUT2D eigenvalue weighted by Gasteiger charge is -2.53. The molecule has 1 heterocycles.